The van der Waals surface area contributed by atoms with Gasteiger partial charge >= 0.3 is 0 Å². The standard InChI is InChI=1S/C14H25N/c15-14(13-10-6-7-11-13)12-8-4-2-1-3-5-9-12/h8,13-14H,1-7,9-11,15H2. The third-order valence-corrected chi connectivity index (χ3v) is 4.16. The van der Waals surface area contributed by atoms with Gasteiger partial charge in [-0.05, 0) is 44.4 Å². The van der Waals surface area contributed by atoms with Crippen LogP contribution >= 0.6 is 0 Å². The molecule has 0 spiro atoms. The van der Waals surface area contributed by atoms with Crippen molar-refractivity contribution >= 4 is 0 Å². The highest BCUT2D eigenvalue weighted by Gasteiger charge is 2.24. The van der Waals surface area contributed by atoms with Crippen molar-refractivity contribution in [2.24, 2.45) is 11.7 Å². The van der Waals surface area contributed by atoms with Gasteiger partial charge in [0.05, 0.1) is 0 Å². The molecule has 2 N–H and O–H groups in total. The van der Waals surface area contributed by atoms with Crippen LogP contribution in [0.5, 0.6) is 0 Å². The molecule has 0 aromatic carbocycles. The SMILES string of the molecule is NC(C1=CCCCCCC1)C1CCCC1. The fourth-order valence-corrected chi connectivity index (χ4v) is 3.14. The van der Waals surface area contributed by atoms with Crippen LogP contribution in [0.3, 0.4) is 0 Å². The zero-order chi connectivity index (χ0) is 10.5. The van der Waals surface area contributed by atoms with Gasteiger partial charge < -0.3 is 5.73 Å². The summed E-state index contributed by atoms with van der Waals surface area (Å²) in [6.07, 6.45) is 16.1. The average molecular weight is 207 g/mol. The molecule has 86 valence electrons. The molecule has 0 heterocycles. The van der Waals surface area contributed by atoms with E-state index in [-0.39, 0.29) is 0 Å². The predicted octanol–water partition coefficient (Wildman–Crippen LogP) is 3.78. The molecule has 1 saturated carbocycles. The number of hydrogen-bond acceptors (Lipinski definition) is 1. The molecule has 2 rings (SSSR count). The molecule has 0 bridgehead atoms. The Morgan fingerprint density at radius 1 is 1.00 bits per heavy atom. The van der Waals surface area contributed by atoms with Gasteiger partial charge in [-0.3, -0.25) is 0 Å². The van der Waals surface area contributed by atoms with Crippen molar-refractivity contribution in [3.05, 3.63) is 11.6 Å². The molecule has 0 aromatic rings. The van der Waals surface area contributed by atoms with Crippen LogP contribution in [0.4, 0.5) is 0 Å². The second-order valence-electron chi connectivity index (χ2n) is 5.30. The van der Waals surface area contributed by atoms with Crippen LogP contribution in [-0.4, -0.2) is 6.04 Å². The van der Waals surface area contributed by atoms with Gasteiger partial charge in [0.15, 0.2) is 0 Å². The maximum Gasteiger partial charge on any atom is 0.0282 e. The maximum absolute atomic E-state index is 6.41. The number of rotatable bonds is 2. The van der Waals surface area contributed by atoms with Crippen LogP contribution in [0.15, 0.2) is 11.6 Å². The number of nitrogens with two attached hydrogens (primary N) is 1. The third-order valence-electron chi connectivity index (χ3n) is 4.16. The van der Waals surface area contributed by atoms with Gasteiger partial charge in [0, 0.05) is 6.04 Å². The van der Waals surface area contributed by atoms with Crippen LogP contribution in [0.2, 0.25) is 0 Å². The van der Waals surface area contributed by atoms with Crippen molar-refractivity contribution < 1.29 is 0 Å². The second-order valence-corrected chi connectivity index (χ2v) is 5.30. The van der Waals surface area contributed by atoms with E-state index in [9.17, 15) is 0 Å². The summed E-state index contributed by atoms with van der Waals surface area (Å²) in [6.45, 7) is 0. The van der Waals surface area contributed by atoms with E-state index in [2.05, 4.69) is 6.08 Å². The molecular formula is C14H25N. The van der Waals surface area contributed by atoms with E-state index in [4.69, 9.17) is 5.73 Å². The van der Waals surface area contributed by atoms with Gasteiger partial charge in [0.1, 0.15) is 0 Å². The zero-order valence-electron chi connectivity index (χ0n) is 9.88. The normalized spacial score (nSPS) is 26.9. The molecule has 2 aliphatic carbocycles. The fraction of sp³-hybridized carbons (Fsp3) is 0.857. The molecule has 0 amide bonds. The Balaban J connectivity index is 1.93. The summed E-state index contributed by atoms with van der Waals surface area (Å²) in [6, 6.07) is 0.394. The Morgan fingerprint density at radius 3 is 2.53 bits per heavy atom. The van der Waals surface area contributed by atoms with Crippen LogP contribution in [0, 0.1) is 5.92 Å². The lowest BCUT2D eigenvalue weighted by Crippen LogP contribution is -2.30. The van der Waals surface area contributed by atoms with Gasteiger partial charge in [0.2, 0.25) is 0 Å². The zero-order valence-corrected chi connectivity index (χ0v) is 9.88. The monoisotopic (exact) mass is 207 g/mol. The highest BCUT2D eigenvalue weighted by atomic mass is 14.7. The average Bonchev–Trinajstić information content (AvgIpc) is 2.68. The first-order valence-electron chi connectivity index (χ1n) is 6.82. The van der Waals surface area contributed by atoms with Gasteiger partial charge in [0.25, 0.3) is 0 Å². The van der Waals surface area contributed by atoms with Gasteiger partial charge in [-0.2, -0.15) is 0 Å². The molecule has 1 heteroatoms. The number of hydrogen-bond donors (Lipinski definition) is 1. The van der Waals surface area contributed by atoms with Gasteiger partial charge in [-0.1, -0.05) is 37.3 Å². The molecule has 2 aliphatic rings. The molecule has 0 aliphatic heterocycles. The second kappa shape index (κ2) is 5.69. The van der Waals surface area contributed by atoms with E-state index in [1.165, 1.54) is 64.2 Å². The molecular weight excluding hydrogens is 182 g/mol. The summed E-state index contributed by atoms with van der Waals surface area (Å²) in [5.74, 6) is 0.802. The van der Waals surface area contributed by atoms with Crippen molar-refractivity contribution in [3.63, 3.8) is 0 Å². The Labute approximate surface area is 94.1 Å². The van der Waals surface area contributed by atoms with Crippen molar-refractivity contribution in [3.8, 4) is 0 Å². The minimum absolute atomic E-state index is 0.394. The molecule has 1 atom stereocenters. The Bertz CT molecular complexity index is 213. The minimum atomic E-state index is 0.394. The Morgan fingerprint density at radius 2 is 1.73 bits per heavy atom. The summed E-state index contributed by atoms with van der Waals surface area (Å²) in [7, 11) is 0. The summed E-state index contributed by atoms with van der Waals surface area (Å²) in [5, 5.41) is 0. The summed E-state index contributed by atoms with van der Waals surface area (Å²) in [5.41, 5.74) is 7.99. The van der Waals surface area contributed by atoms with Crippen LogP contribution in [0.1, 0.15) is 64.2 Å². The van der Waals surface area contributed by atoms with Crippen molar-refractivity contribution in [1.29, 1.82) is 0 Å². The van der Waals surface area contributed by atoms with Gasteiger partial charge in [-0.15, -0.1) is 0 Å². The van der Waals surface area contributed by atoms with Crippen molar-refractivity contribution in [2.45, 2.75) is 70.3 Å². The largest absolute Gasteiger partial charge is 0.324 e. The first kappa shape index (κ1) is 11.2. The summed E-state index contributed by atoms with van der Waals surface area (Å²) < 4.78 is 0. The van der Waals surface area contributed by atoms with E-state index in [0.717, 1.165) is 5.92 Å². The van der Waals surface area contributed by atoms with Crippen LogP contribution < -0.4 is 5.73 Å². The molecule has 1 unspecified atom stereocenters. The Hall–Kier alpha value is -0.300. The lowest BCUT2D eigenvalue weighted by Gasteiger charge is -2.23. The van der Waals surface area contributed by atoms with E-state index in [0.29, 0.717) is 6.04 Å². The first-order chi connectivity index (χ1) is 7.38. The molecule has 1 fully saturated rings. The molecule has 0 aromatic heterocycles. The first-order valence-corrected chi connectivity index (χ1v) is 6.82. The quantitative estimate of drug-likeness (QED) is 0.685. The third kappa shape index (κ3) is 3.07. The molecule has 0 saturated heterocycles. The molecule has 1 nitrogen and oxygen atoms in total. The van der Waals surface area contributed by atoms with Crippen LogP contribution in [-0.2, 0) is 0 Å². The van der Waals surface area contributed by atoms with Crippen LogP contribution in [0.25, 0.3) is 0 Å². The molecule has 15 heavy (non-hydrogen) atoms. The number of allylic oxidation sites excluding steroid dienone is 1. The fourth-order valence-electron chi connectivity index (χ4n) is 3.14. The summed E-state index contributed by atoms with van der Waals surface area (Å²) in [4.78, 5) is 0. The predicted molar refractivity (Wildman–Crippen MR) is 65.7 cm³/mol. The topological polar surface area (TPSA) is 26.0 Å². The lowest BCUT2D eigenvalue weighted by molar-refractivity contribution is 0.455. The van der Waals surface area contributed by atoms with E-state index in [1.54, 1.807) is 5.57 Å². The highest BCUT2D eigenvalue weighted by Crippen LogP contribution is 2.32. The summed E-state index contributed by atoms with van der Waals surface area (Å²) >= 11 is 0. The van der Waals surface area contributed by atoms with E-state index in [1.807, 2.05) is 0 Å². The maximum atomic E-state index is 6.41. The lowest BCUT2D eigenvalue weighted by atomic mass is 9.87. The minimum Gasteiger partial charge on any atom is -0.324 e. The van der Waals surface area contributed by atoms with Gasteiger partial charge in [-0.25, -0.2) is 0 Å². The van der Waals surface area contributed by atoms with Crippen molar-refractivity contribution in [1.82, 2.24) is 0 Å². The van der Waals surface area contributed by atoms with E-state index < -0.39 is 0 Å². The smallest absolute Gasteiger partial charge is 0.0282 e. The highest BCUT2D eigenvalue weighted by molar-refractivity contribution is 5.13. The Kier molecular flexibility index (Phi) is 4.25. The van der Waals surface area contributed by atoms with E-state index >= 15 is 0 Å². The molecule has 0 radical (unpaired) electrons. The van der Waals surface area contributed by atoms with Crippen molar-refractivity contribution in [2.75, 3.05) is 0 Å².